The zero-order chi connectivity index (χ0) is 14.5. The van der Waals surface area contributed by atoms with E-state index in [0.717, 1.165) is 6.08 Å². The molecule has 0 saturated carbocycles. The van der Waals surface area contributed by atoms with Gasteiger partial charge in [0.05, 0.1) is 5.69 Å². The van der Waals surface area contributed by atoms with Crippen LogP contribution < -0.4 is 5.32 Å². The number of pyridine rings is 1. The number of hydrogen-bond donors (Lipinski definition) is 2. The van der Waals surface area contributed by atoms with Gasteiger partial charge in [0, 0.05) is 19.3 Å². The Morgan fingerprint density at radius 2 is 2.15 bits per heavy atom. The van der Waals surface area contributed by atoms with Gasteiger partial charge in [-0.05, 0) is 24.3 Å². The first kappa shape index (κ1) is 13.5. The second kappa shape index (κ2) is 5.79. The van der Waals surface area contributed by atoms with E-state index in [9.17, 15) is 9.59 Å². The summed E-state index contributed by atoms with van der Waals surface area (Å²) in [7, 11) is 1.66. The Kier molecular flexibility index (Phi) is 3.90. The van der Waals surface area contributed by atoms with E-state index in [2.05, 4.69) is 15.4 Å². The third-order valence-electron chi connectivity index (χ3n) is 2.46. The third-order valence-corrected chi connectivity index (χ3v) is 2.46. The number of nitrogens with one attached hydrogen (secondary N) is 1. The molecule has 20 heavy (non-hydrogen) atoms. The molecule has 102 valence electrons. The van der Waals surface area contributed by atoms with Crippen molar-refractivity contribution in [2.24, 2.45) is 7.05 Å². The maximum absolute atomic E-state index is 11.9. The van der Waals surface area contributed by atoms with Crippen molar-refractivity contribution in [2.45, 2.75) is 0 Å². The summed E-state index contributed by atoms with van der Waals surface area (Å²) in [6.45, 7) is 0. The number of carboxylic acids is 1. The zero-order valence-corrected chi connectivity index (χ0v) is 10.6. The lowest BCUT2D eigenvalue weighted by Crippen LogP contribution is -2.16. The van der Waals surface area contributed by atoms with Crippen LogP contribution in [0.25, 0.3) is 6.08 Å². The number of aliphatic carboxylic acids is 1. The molecular weight excluding hydrogens is 260 g/mol. The van der Waals surface area contributed by atoms with E-state index in [1.54, 1.807) is 31.3 Å². The van der Waals surface area contributed by atoms with Gasteiger partial charge in [-0.1, -0.05) is 6.07 Å². The zero-order valence-electron chi connectivity index (χ0n) is 10.6. The third kappa shape index (κ3) is 3.29. The summed E-state index contributed by atoms with van der Waals surface area (Å²) in [6.07, 6.45) is 3.85. The molecule has 2 rings (SSSR count). The van der Waals surface area contributed by atoms with Crippen LogP contribution in [0.5, 0.6) is 0 Å². The molecule has 0 radical (unpaired) electrons. The molecule has 7 nitrogen and oxygen atoms in total. The predicted molar refractivity (Wildman–Crippen MR) is 72.1 cm³/mol. The second-order valence-electron chi connectivity index (χ2n) is 3.91. The van der Waals surface area contributed by atoms with Gasteiger partial charge in [0.25, 0.3) is 5.91 Å². The van der Waals surface area contributed by atoms with E-state index in [1.165, 1.54) is 17.0 Å². The molecule has 0 bridgehead atoms. The Morgan fingerprint density at radius 3 is 2.80 bits per heavy atom. The molecule has 2 aromatic heterocycles. The Morgan fingerprint density at radius 1 is 1.35 bits per heavy atom. The predicted octanol–water partition coefficient (Wildman–Crippen LogP) is 1.17. The molecule has 0 spiro atoms. The molecular formula is C13H12N4O3. The summed E-state index contributed by atoms with van der Waals surface area (Å²) in [5.74, 6) is -1.06. The molecule has 0 atom stereocenters. The molecule has 0 aliphatic heterocycles. The van der Waals surface area contributed by atoms with Gasteiger partial charge in [-0.3, -0.25) is 9.48 Å². The van der Waals surface area contributed by atoms with E-state index < -0.39 is 5.97 Å². The second-order valence-corrected chi connectivity index (χ2v) is 3.91. The highest BCUT2D eigenvalue weighted by Gasteiger charge is 2.10. The van der Waals surface area contributed by atoms with Crippen LogP contribution in [0.4, 0.5) is 5.82 Å². The van der Waals surface area contributed by atoms with Crippen molar-refractivity contribution < 1.29 is 14.7 Å². The van der Waals surface area contributed by atoms with Gasteiger partial charge >= 0.3 is 5.97 Å². The lowest BCUT2D eigenvalue weighted by Gasteiger charge is -2.05. The van der Waals surface area contributed by atoms with E-state index in [-0.39, 0.29) is 5.91 Å². The summed E-state index contributed by atoms with van der Waals surface area (Å²) in [4.78, 5) is 26.5. The molecule has 0 unspecified atom stereocenters. The summed E-state index contributed by atoms with van der Waals surface area (Å²) in [5, 5.41) is 15.1. The molecule has 0 aliphatic carbocycles. The smallest absolute Gasteiger partial charge is 0.328 e. The molecule has 0 saturated heterocycles. The van der Waals surface area contributed by atoms with E-state index in [1.807, 2.05) is 0 Å². The Balaban J connectivity index is 2.14. The fourth-order valence-corrected chi connectivity index (χ4v) is 1.55. The number of carbonyl (C=O) groups is 2. The van der Waals surface area contributed by atoms with Gasteiger partial charge in [-0.2, -0.15) is 5.10 Å². The highest BCUT2D eigenvalue weighted by molar-refractivity contribution is 6.02. The van der Waals surface area contributed by atoms with Crippen LogP contribution in [0.15, 0.2) is 36.5 Å². The number of hydrogen-bond acceptors (Lipinski definition) is 4. The molecule has 0 aromatic carbocycles. The van der Waals surface area contributed by atoms with Gasteiger partial charge in [-0.25, -0.2) is 9.78 Å². The summed E-state index contributed by atoms with van der Waals surface area (Å²) in [5.41, 5.74) is 0.841. The maximum atomic E-state index is 11.9. The topological polar surface area (TPSA) is 97.1 Å². The van der Waals surface area contributed by atoms with Crippen molar-refractivity contribution in [3.05, 3.63) is 47.9 Å². The molecule has 2 aromatic rings. The van der Waals surface area contributed by atoms with Crippen molar-refractivity contribution in [1.29, 1.82) is 0 Å². The molecule has 1 amide bonds. The van der Waals surface area contributed by atoms with Gasteiger partial charge < -0.3 is 10.4 Å². The monoisotopic (exact) mass is 272 g/mol. The van der Waals surface area contributed by atoms with Crippen LogP contribution >= 0.6 is 0 Å². The normalized spacial score (nSPS) is 10.7. The Labute approximate surface area is 114 Å². The number of rotatable bonds is 4. The van der Waals surface area contributed by atoms with Crippen molar-refractivity contribution in [2.75, 3.05) is 5.32 Å². The molecule has 0 fully saturated rings. The number of carboxylic acid groups (broad SMARTS) is 1. The standard InChI is InChI=1S/C13H12N4O3/c1-17-10(7-8-14-17)13(20)16-11-4-2-3-9(15-11)5-6-12(18)19/h2-8H,1H3,(H,18,19)(H,15,16,20). The number of amides is 1. The average Bonchev–Trinajstić information content (AvgIpc) is 2.83. The van der Waals surface area contributed by atoms with Crippen molar-refractivity contribution in [1.82, 2.24) is 14.8 Å². The molecule has 7 heteroatoms. The summed E-state index contributed by atoms with van der Waals surface area (Å²) in [6, 6.07) is 6.52. The SMILES string of the molecule is Cn1nccc1C(=O)Nc1cccc(C=CC(=O)O)n1. The summed E-state index contributed by atoms with van der Waals surface area (Å²) >= 11 is 0. The minimum absolute atomic E-state index is 0.336. The lowest BCUT2D eigenvalue weighted by molar-refractivity contribution is -0.131. The molecule has 0 aliphatic rings. The van der Waals surface area contributed by atoms with E-state index in [4.69, 9.17) is 5.11 Å². The summed E-state index contributed by atoms with van der Waals surface area (Å²) < 4.78 is 1.45. The van der Waals surface area contributed by atoms with Crippen LogP contribution in [0.2, 0.25) is 0 Å². The minimum Gasteiger partial charge on any atom is -0.478 e. The van der Waals surface area contributed by atoms with Crippen LogP contribution in [-0.4, -0.2) is 31.7 Å². The highest BCUT2D eigenvalue weighted by Crippen LogP contribution is 2.08. The Bertz CT molecular complexity index is 676. The van der Waals surface area contributed by atoms with Gasteiger partial charge in [0.1, 0.15) is 11.5 Å². The van der Waals surface area contributed by atoms with Crippen LogP contribution in [0, 0.1) is 0 Å². The van der Waals surface area contributed by atoms with E-state index >= 15 is 0 Å². The van der Waals surface area contributed by atoms with Gasteiger partial charge in [0.15, 0.2) is 0 Å². The molecule has 2 heterocycles. The first-order valence-corrected chi connectivity index (χ1v) is 5.73. The number of nitrogens with zero attached hydrogens (tertiary/aromatic N) is 3. The number of aryl methyl sites for hydroxylation is 1. The van der Waals surface area contributed by atoms with Crippen molar-refractivity contribution in [3.8, 4) is 0 Å². The highest BCUT2D eigenvalue weighted by atomic mass is 16.4. The first-order valence-electron chi connectivity index (χ1n) is 5.73. The molecule has 2 N–H and O–H groups in total. The maximum Gasteiger partial charge on any atom is 0.328 e. The first-order chi connectivity index (χ1) is 9.56. The van der Waals surface area contributed by atoms with Gasteiger partial charge in [0.2, 0.25) is 0 Å². The van der Waals surface area contributed by atoms with Crippen molar-refractivity contribution in [3.63, 3.8) is 0 Å². The van der Waals surface area contributed by atoms with Crippen LogP contribution in [0.1, 0.15) is 16.2 Å². The Hall–Kier alpha value is -2.96. The number of anilines is 1. The fourth-order valence-electron chi connectivity index (χ4n) is 1.55. The van der Waals surface area contributed by atoms with E-state index in [0.29, 0.717) is 17.2 Å². The van der Waals surface area contributed by atoms with Crippen LogP contribution in [-0.2, 0) is 11.8 Å². The van der Waals surface area contributed by atoms with Crippen LogP contribution in [0.3, 0.4) is 0 Å². The number of aromatic nitrogens is 3. The number of carbonyl (C=O) groups excluding carboxylic acids is 1. The largest absolute Gasteiger partial charge is 0.478 e. The minimum atomic E-state index is -1.06. The fraction of sp³-hybridized carbons (Fsp3) is 0.0769. The van der Waals surface area contributed by atoms with Crippen molar-refractivity contribution >= 4 is 23.8 Å². The lowest BCUT2D eigenvalue weighted by atomic mass is 10.3. The quantitative estimate of drug-likeness (QED) is 0.814. The average molecular weight is 272 g/mol. The van der Waals surface area contributed by atoms with Gasteiger partial charge in [-0.15, -0.1) is 0 Å².